The summed E-state index contributed by atoms with van der Waals surface area (Å²) < 4.78 is 24.0. The SMILES string of the molecule is O=S1CCC(Nc2ccc(F)cc2Cl)CC1. The Balaban J connectivity index is 2.01. The first-order valence-corrected chi connectivity index (χ1v) is 7.08. The fraction of sp³-hybridized carbons (Fsp3) is 0.455. The van der Waals surface area contributed by atoms with E-state index in [0.717, 1.165) is 30.0 Å². The van der Waals surface area contributed by atoms with E-state index in [2.05, 4.69) is 5.32 Å². The first-order valence-electron chi connectivity index (χ1n) is 5.22. The molecule has 1 N–H and O–H groups in total. The Morgan fingerprint density at radius 1 is 1.38 bits per heavy atom. The quantitative estimate of drug-likeness (QED) is 0.887. The lowest BCUT2D eigenvalue weighted by Gasteiger charge is -2.24. The van der Waals surface area contributed by atoms with Crippen molar-refractivity contribution in [3.05, 3.63) is 29.0 Å². The van der Waals surface area contributed by atoms with Crippen LogP contribution < -0.4 is 5.32 Å². The van der Waals surface area contributed by atoms with Crippen LogP contribution in [-0.4, -0.2) is 21.8 Å². The molecule has 2 nitrogen and oxygen atoms in total. The summed E-state index contributed by atoms with van der Waals surface area (Å²) in [5.74, 6) is 1.13. The zero-order valence-electron chi connectivity index (χ0n) is 8.71. The molecule has 0 aromatic heterocycles. The van der Waals surface area contributed by atoms with Gasteiger partial charge in [0.15, 0.2) is 0 Å². The molecule has 0 saturated carbocycles. The van der Waals surface area contributed by atoms with Crippen molar-refractivity contribution in [2.24, 2.45) is 0 Å². The Kier molecular flexibility index (Phi) is 3.82. The maximum absolute atomic E-state index is 12.8. The van der Waals surface area contributed by atoms with Gasteiger partial charge in [0.05, 0.1) is 10.7 Å². The van der Waals surface area contributed by atoms with Gasteiger partial charge in [-0.2, -0.15) is 0 Å². The molecule has 88 valence electrons. The fourth-order valence-electron chi connectivity index (χ4n) is 1.76. The van der Waals surface area contributed by atoms with Crippen LogP contribution in [0, 0.1) is 5.82 Å². The van der Waals surface area contributed by atoms with Gasteiger partial charge in [-0.1, -0.05) is 11.6 Å². The molecule has 0 amide bonds. The van der Waals surface area contributed by atoms with Gasteiger partial charge >= 0.3 is 0 Å². The van der Waals surface area contributed by atoms with E-state index in [9.17, 15) is 8.60 Å². The Bertz CT molecular complexity index is 403. The van der Waals surface area contributed by atoms with Crippen LogP contribution in [0.5, 0.6) is 0 Å². The zero-order valence-corrected chi connectivity index (χ0v) is 10.3. The zero-order chi connectivity index (χ0) is 11.5. The van der Waals surface area contributed by atoms with Crippen molar-refractivity contribution in [1.29, 1.82) is 0 Å². The summed E-state index contributed by atoms with van der Waals surface area (Å²) in [5, 5.41) is 3.66. The second kappa shape index (κ2) is 5.15. The number of rotatable bonds is 2. The second-order valence-corrected chi connectivity index (χ2v) is 5.99. The van der Waals surface area contributed by atoms with Crippen LogP contribution in [0.4, 0.5) is 10.1 Å². The van der Waals surface area contributed by atoms with Gasteiger partial charge in [0, 0.05) is 28.3 Å². The summed E-state index contributed by atoms with van der Waals surface area (Å²) in [5.41, 5.74) is 0.751. The highest BCUT2D eigenvalue weighted by molar-refractivity contribution is 7.85. The van der Waals surface area contributed by atoms with Gasteiger partial charge in [-0.05, 0) is 31.0 Å². The van der Waals surface area contributed by atoms with E-state index >= 15 is 0 Å². The summed E-state index contributed by atoms with van der Waals surface area (Å²) >= 11 is 5.91. The largest absolute Gasteiger partial charge is 0.381 e. The minimum atomic E-state index is -0.661. The van der Waals surface area contributed by atoms with Gasteiger partial charge in [0.1, 0.15) is 5.82 Å². The number of hydrogen-bond donors (Lipinski definition) is 1. The second-order valence-electron chi connectivity index (χ2n) is 3.89. The van der Waals surface area contributed by atoms with Gasteiger partial charge in [-0.15, -0.1) is 0 Å². The molecule has 5 heteroatoms. The molecule has 1 fully saturated rings. The lowest BCUT2D eigenvalue weighted by Crippen LogP contribution is -2.29. The summed E-state index contributed by atoms with van der Waals surface area (Å²) in [4.78, 5) is 0. The van der Waals surface area contributed by atoms with E-state index in [0.29, 0.717) is 11.1 Å². The molecule has 16 heavy (non-hydrogen) atoms. The number of anilines is 1. The standard InChI is InChI=1S/C11H13ClFNOS/c12-10-7-8(13)1-2-11(10)14-9-3-5-16(15)6-4-9/h1-2,7,9,14H,3-6H2. The van der Waals surface area contributed by atoms with Crippen LogP contribution in [0.25, 0.3) is 0 Å². The Hall–Kier alpha value is -0.610. The number of halogens is 2. The number of hydrogen-bond acceptors (Lipinski definition) is 2. The van der Waals surface area contributed by atoms with Gasteiger partial charge in [0.25, 0.3) is 0 Å². The van der Waals surface area contributed by atoms with Crippen molar-refractivity contribution >= 4 is 28.1 Å². The molecule has 1 aromatic rings. The van der Waals surface area contributed by atoms with Crippen LogP contribution in [0.2, 0.25) is 5.02 Å². The van der Waals surface area contributed by atoms with E-state index in [1.165, 1.54) is 12.1 Å². The van der Waals surface area contributed by atoms with Crippen LogP contribution in [0.1, 0.15) is 12.8 Å². The van der Waals surface area contributed by atoms with E-state index < -0.39 is 10.8 Å². The smallest absolute Gasteiger partial charge is 0.124 e. The highest BCUT2D eigenvalue weighted by Gasteiger charge is 2.18. The molecular weight excluding hydrogens is 249 g/mol. The predicted molar refractivity (Wildman–Crippen MR) is 65.9 cm³/mol. The van der Waals surface area contributed by atoms with Gasteiger partial charge in [0.2, 0.25) is 0 Å². The summed E-state index contributed by atoms with van der Waals surface area (Å²) in [6, 6.07) is 4.61. The van der Waals surface area contributed by atoms with Gasteiger partial charge in [-0.25, -0.2) is 4.39 Å². The highest BCUT2D eigenvalue weighted by atomic mass is 35.5. The topological polar surface area (TPSA) is 29.1 Å². The monoisotopic (exact) mass is 261 g/mol. The van der Waals surface area contributed by atoms with Crippen LogP contribution in [0.15, 0.2) is 18.2 Å². The Morgan fingerprint density at radius 3 is 2.69 bits per heavy atom. The minimum absolute atomic E-state index is 0.292. The first-order chi connectivity index (χ1) is 7.65. The van der Waals surface area contributed by atoms with Crippen molar-refractivity contribution in [1.82, 2.24) is 0 Å². The van der Waals surface area contributed by atoms with Gasteiger partial charge in [-0.3, -0.25) is 4.21 Å². The molecule has 0 spiro atoms. The minimum Gasteiger partial charge on any atom is -0.381 e. The van der Waals surface area contributed by atoms with E-state index in [1.54, 1.807) is 6.07 Å². The average molecular weight is 262 g/mol. The summed E-state index contributed by atoms with van der Waals surface area (Å²) in [6.45, 7) is 0. The third-order valence-electron chi connectivity index (χ3n) is 2.68. The predicted octanol–water partition coefficient (Wildman–Crippen LogP) is 2.80. The number of benzene rings is 1. The molecule has 1 heterocycles. The molecule has 0 unspecified atom stereocenters. The molecule has 0 bridgehead atoms. The lowest BCUT2D eigenvalue weighted by atomic mass is 10.1. The highest BCUT2D eigenvalue weighted by Crippen LogP contribution is 2.25. The Morgan fingerprint density at radius 2 is 2.06 bits per heavy atom. The molecular formula is C11H13ClFNOS. The number of nitrogens with one attached hydrogen (secondary N) is 1. The van der Waals surface area contributed by atoms with Crippen LogP contribution >= 0.6 is 11.6 Å². The first kappa shape index (κ1) is 11.9. The molecule has 0 aliphatic carbocycles. The molecule has 0 atom stereocenters. The van der Waals surface area contributed by atoms with Crippen molar-refractivity contribution < 1.29 is 8.60 Å². The van der Waals surface area contributed by atoms with Crippen molar-refractivity contribution in [2.75, 3.05) is 16.8 Å². The van der Waals surface area contributed by atoms with Crippen molar-refractivity contribution in [3.8, 4) is 0 Å². The molecule has 1 aliphatic heterocycles. The normalized spacial score (nSPS) is 25.4. The molecule has 1 saturated heterocycles. The lowest BCUT2D eigenvalue weighted by molar-refractivity contribution is 0.621. The maximum Gasteiger partial charge on any atom is 0.124 e. The molecule has 1 aliphatic rings. The summed E-state index contributed by atoms with van der Waals surface area (Å²) in [6.07, 6.45) is 1.75. The van der Waals surface area contributed by atoms with Crippen molar-refractivity contribution in [3.63, 3.8) is 0 Å². The van der Waals surface area contributed by atoms with E-state index in [-0.39, 0.29) is 5.82 Å². The van der Waals surface area contributed by atoms with E-state index in [4.69, 9.17) is 11.6 Å². The van der Waals surface area contributed by atoms with Crippen LogP contribution in [0.3, 0.4) is 0 Å². The van der Waals surface area contributed by atoms with Crippen molar-refractivity contribution in [2.45, 2.75) is 18.9 Å². The molecule has 2 rings (SSSR count). The summed E-state index contributed by atoms with van der Waals surface area (Å²) in [7, 11) is -0.661. The average Bonchev–Trinajstić information content (AvgIpc) is 2.25. The fourth-order valence-corrected chi connectivity index (χ4v) is 3.29. The van der Waals surface area contributed by atoms with Crippen LogP contribution in [-0.2, 0) is 10.8 Å². The third-order valence-corrected chi connectivity index (χ3v) is 4.37. The molecule has 1 aromatic carbocycles. The maximum atomic E-state index is 12.8. The Labute approximate surface area is 102 Å². The van der Waals surface area contributed by atoms with E-state index in [1.807, 2.05) is 0 Å². The third kappa shape index (κ3) is 2.95. The molecule has 0 radical (unpaired) electrons. The van der Waals surface area contributed by atoms with Gasteiger partial charge < -0.3 is 5.32 Å².